The van der Waals surface area contributed by atoms with Crippen molar-refractivity contribution in [2.75, 3.05) is 18.0 Å². The molecule has 1 N–H and O–H groups in total. The normalized spacial score (nSPS) is 12.3. The van der Waals surface area contributed by atoms with Gasteiger partial charge in [-0.2, -0.15) is 4.98 Å². The van der Waals surface area contributed by atoms with E-state index < -0.39 is 11.9 Å². The molecule has 1 rings (SSSR count). The van der Waals surface area contributed by atoms with Crippen LogP contribution in [-0.2, 0) is 4.79 Å². The molecule has 0 aliphatic rings. The van der Waals surface area contributed by atoms with Gasteiger partial charge in [0, 0.05) is 25.4 Å². The fraction of sp³-hybridized carbons (Fsp3) is 0.615. The molecule has 0 spiro atoms. The highest BCUT2D eigenvalue weighted by Crippen LogP contribution is 2.15. The van der Waals surface area contributed by atoms with Crippen LogP contribution in [0.25, 0.3) is 0 Å². The van der Waals surface area contributed by atoms with E-state index >= 15 is 0 Å². The first kappa shape index (κ1) is 15.2. The molecule has 1 heterocycles. The molecule has 0 saturated heterocycles. The zero-order chi connectivity index (χ0) is 14.4. The lowest BCUT2D eigenvalue weighted by Crippen LogP contribution is -2.33. The van der Waals surface area contributed by atoms with E-state index in [0.29, 0.717) is 24.9 Å². The van der Waals surface area contributed by atoms with Crippen molar-refractivity contribution < 1.29 is 14.6 Å². The fourth-order valence-corrected chi connectivity index (χ4v) is 1.55. The summed E-state index contributed by atoms with van der Waals surface area (Å²) >= 11 is 0. The molecule has 0 aromatic carbocycles. The number of ether oxygens (including phenoxy) is 1. The van der Waals surface area contributed by atoms with Gasteiger partial charge in [0.2, 0.25) is 11.8 Å². The molecule has 0 amide bonds. The average molecular weight is 267 g/mol. The second kappa shape index (κ2) is 6.92. The first-order valence-corrected chi connectivity index (χ1v) is 6.41. The van der Waals surface area contributed by atoms with E-state index in [1.54, 1.807) is 19.2 Å². The minimum absolute atomic E-state index is 0.0377. The highest BCUT2D eigenvalue weighted by atomic mass is 16.5. The van der Waals surface area contributed by atoms with Crippen molar-refractivity contribution in [1.82, 2.24) is 9.97 Å². The number of rotatable bonds is 7. The Morgan fingerprint density at radius 2 is 2.16 bits per heavy atom. The molecule has 1 atom stereocenters. The van der Waals surface area contributed by atoms with Crippen LogP contribution in [-0.4, -0.2) is 40.2 Å². The number of nitrogens with zero attached hydrogens (tertiary/aromatic N) is 3. The second-order valence-corrected chi connectivity index (χ2v) is 4.64. The summed E-state index contributed by atoms with van der Waals surface area (Å²) in [7, 11) is 0. The molecule has 0 saturated carbocycles. The largest absolute Gasteiger partial charge is 0.481 e. The van der Waals surface area contributed by atoms with Crippen LogP contribution in [0, 0.1) is 5.92 Å². The van der Waals surface area contributed by atoms with Crippen LogP contribution in [0.15, 0.2) is 12.3 Å². The van der Waals surface area contributed by atoms with Crippen molar-refractivity contribution in [2.24, 2.45) is 5.92 Å². The lowest BCUT2D eigenvalue weighted by molar-refractivity contribution is -0.140. The number of aromatic nitrogens is 2. The van der Waals surface area contributed by atoms with Gasteiger partial charge in [0.15, 0.2) is 0 Å². The Labute approximate surface area is 113 Å². The quantitative estimate of drug-likeness (QED) is 0.812. The lowest BCUT2D eigenvalue weighted by atomic mass is 10.2. The van der Waals surface area contributed by atoms with E-state index in [0.717, 1.165) is 0 Å². The summed E-state index contributed by atoms with van der Waals surface area (Å²) in [5, 5.41) is 8.95. The zero-order valence-corrected chi connectivity index (χ0v) is 11.8. The van der Waals surface area contributed by atoms with Crippen molar-refractivity contribution in [3.63, 3.8) is 0 Å². The minimum Gasteiger partial charge on any atom is -0.481 e. The van der Waals surface area contributed by atoms with Crippen LogP contribution in [0.5, 0.6) is 5.88 Å². The number of hydrogen-bond donors (Lipinski definition) is 1. The summed E-state index contributed by atoms with van der Waals surface area (Å²) < 4.78 is 5.51. The van der Waals surface area contributed by atoms with Crippen molar-refractivity contribution in [3.05, 3.63) is 12.3 Å². The first-order chi connectivity index (χ1) is 8.93. The van der Waals surface area contributed by atoms with E-state index in [-0.39, 0.29) is 6.10 Å². The Balaban J connectivity index is 2.83. The van der Waals surface area contributed by atoms with E-state index in [1.165, 1.54) is 0 Å². The summed E-state index contributed by atoms with van der Waals surface area (Å²) in [4.78, 5) is 21.2. The standard InChI is InChI=1S/C13H21N3O3/c1-5-16(8-10(4)12(17)18)13-14-7-6-11(15-13)19-9(2)3/h6-7,9-10H,5,8H2,1-4H3,(H,17,18). The molecular weight excluding hydrogens is 246 g/mol. The molecule has 0 aliphatic carbocycles. The van der Waals surface area contributed by atoms with Crippen LogP contribution in [0.2, 0.25) is 0 Å². The van der Waals surface area contributed by atoms with E-state index in [2.05, 4.69) is 9.97 Å². The predicted octanol–water partition coefficient (Wildman–Crippen LogP) is 1.81. The lowest BCUT2D eigenvalue weighted by Gasteiger charge is -2.23. The first-order valence-electron chi connectivity index (χ1n) is 6.41. The molecule has 0 aliphatic heterocycles. The third-order valence-corrected chi connectivity index (χ3v) is 2.55. The highest BCUT2D eigenvalue weighted by molar-refractivity contribution is 5.70. The SMILES string of the molecule is CCN(CC(C)C(=O)O)c1nccc(OC(C)C)n1. The van der Waals surface area contributed by atoms with Gasteiger partial charge in [0.1, 0.15) is 0 Å². The Morgan fingerprint density at radius 3 is 2.68 bits per heavy atom. The van der Waals surface area contributed by atoms with Crippen LogP contribution >= 0.6 is 0 Å². The average Bonchev–Trinajstić information content (AvgIpc) is 2.34. The number of aliphatic carboxylic acids is 1. The molecular formula is C13H21N3O3. The van der Waals surface area contributed by atoms with Crippen LogP contribution < -0.4 is 9.64 Å². The predicted molar refractivity (Wildman–Crippen MR) is 72.5 cm³/mol. The molecule has 19 heavy (non-hydrogen) atoms. The number of hydrogen-bond acceptors (Lipinski definition) is 5. The smallest absolute Gasteiger partial charge is 0.308 e. The fourth-order valence-electron chi connectivity index (χ4n) is 1.55. The van der Waals surface area contributed by atoms with Gasteiger partial charge in [-0.15, -0.1) is 0 Å². The Hall–Kier alpha value is -1.85. The van der Waals surface area contributed by atoms with Gasteiger partial charge in [0.25, 0.3) is 0 Å². The molecule has 0 fully saturated rings. The molecule has 1 aromatic rings. The topological polar surface area (TPSA) is 75.6 Å². The van der Waals surface area contributed by atoms with Crippen molar-refractivity contribution in [3.8, 4) is 5.88 Å². The van der Waals surface area contributed by atoms with Crippen LogP contribution in [0.1, 0.15) is 27.7 Å². The molecule has 6 nitrogen and oxygen atoms in total. The maximum absolute atomic E-state index is 10.9. The Morgan fingerprint density at radius 1 is 1.47 bits per heavy atom. The molecule has 0 radical (unpaired) electrons. The van der Waals surface area contributed by atoms with Gasteiger partial charge in [-0.1, -0.05) is 6.92 Å². The van der Waals surface area contributed by atoms with Gasteiger partial charge in [-0.3, -0.25) is 4.79 Å². The Bertz CT molecular complexity index is 423. The summed E-state index contributed by atoms with van der Waals surface area (Å²) in [5.41, 5.74) is 0. The van der Waals surface area contributed by atoms with E-state index in [4.69, 9.17) is 9.84 Å². The van der Waals surface area contributed by atoms with Crippen LogP contribution in [0.4, 0.5) is 5.95 Å². The number of carboxylic acids is 1. The third kappa shape index (κ3) is 4.73. The van der Waals surface area contributed by atoms with Crippen LogP contribution in [0.3, 0.4) is 0 Å². The second-order valence-electron chi connectivity index (χ2n) is 4.64. The van der Waals surface area contributed by atoms with Gasteiger partial charge in [-0.05, 0) is 20.8 Å². The molecule has 1 unspecified atom stereocenters. The molecule has 1 aromatic heterocycles. The van der Waals surface area contributed by atoms with E-state index in [9.17, 15) is 4.79 Å². The number of carboxylic acid groups (broad SMARTS) is 1. The summed E-state index contributed by atoms with van der Waals surface area (Å²) in [5.74, 6) is -0.304. The van der Waals surface area contributed by atoms with Gasteiger partial charge >= 0.3 is 5.97 Å². The minimum atomic E-state index is -0.826. The maximum Gasteiger partial charge on any atom is 0.308 e. The highest BCUT2D eigenvalue weighted by Gasteiger charge is 2.17. The molecule has 0 bridgehead atoms. The van der Waals surface area contributed by atoms with Crippen molar-refractivity contribution >= 4 is 11.9 Å². The van der Waals surface area contributed by atoms with Gasteiger partial charge < -0.3 is 14.7 Å². The summed E-state index contributed by atoms with van der Waals surface area (Å²) in [6.07, 6.45) is 1.66. The summed E-state index contributed by atoms with van der Waals surface area (Å²) in [6.45, 7) is 8.46. The van der Waals surface area contributed by atoms with Gasteiger partial charge in [-0.25, -0.2) is 4.98 Å². The summed E-state index contributed by atoms with van der Waals surface area (Å²) in [6, 6.07) is 1.69. The van der Waals surface area contributed by atoms with Gasteiger partial charge in [0.05, 0.1) is 12.0 Å². The van der Waals surface area contributed by atoms with Crippen molar-refractivity contribution in [2.45, 2.75) is 33.8 Å². The number of carbonyl (C=O) groups is 1. The number of anilines is 1. The van der Waals surface area contributed by atoms with E-state index in [1.807, 2.05) is 25.7 Å². The zero-order valence-electron chi connectivity index (χ0n) is 11.8. The molecule has 106 valence electrons. The monoisotopic (exact) mass is 267 g/mol. The Kier molecular flexibility index (Phi) is 5.54. The third-order valence-electron chi connectivity index (χ3n) is 2.55. The van der Waals surface area contributed by atoms with Crippen molar-refractivity contribution in [1.29, 1.82) is 0 Å². The molecule has 6 heteroatoms. The maximum atomic E-state index is 10.9.